The van der Waals surface area contributed by atoms with Gasteiger partial charge in [-0.1, -0.05) is 32.0 Å². The van der Waals surface area contributed by atoms with E-state index in [9.17, 15) is 9.90 Å². The van der Waals surface area contributed by atoms with E-state index in [1.165, 1.54) is 7.11 Å². The van der Waals surface area contributed by atoms with Gasteiger partial charge in [0.1, 0.15) is 6.04 Å². The fourth-order valence-electron chi connectivity index (χ4n) is 2.54. The summed E-state index contributed by atoms with van der Waals surface area (Å²) >= 11 is 0. The van der Waals surface area contributed by atoms with Crippen molar-refractivity contribution in [3.8, 4) is 11.5 Å². The van der Waals surface area contributed by atoms with Crippen molar-refractivity contribution in [2.45, 2.75) is 38.5 Å². The van der Waals surface area contributed by atoms with Crippen LogP contribution in [-0.4, -0.2) is 47.0 Å². The zero-order valence-electron chi connectivity index (χ0n) is 15.7. The third-order valence-electron chi connectivity index (χ3n) is 3.83. The fourth-order valence-corrected chi connectivity index (χ4v) is 2.54. The van der Waals surface area contributed by atoms with Crippen LogP contribution in [0.15, 0.2) is 34.7 Å². The largest absolute Gasteiger partial charge is 0.418 e. The second kappa shape index (κ2) is 11.0. The van der Waals surface area contributed by atoms with Gasteiger partial charge in [0.25, 0.3) is 0 Å². The van der Waals surface area contributed by atoms with E-state index in [1.807, 2.05) is 44.2 Å². The van der Waals surface area contributed by atoms with Gasteiger partial charge in [0, 0.05) is 12.7 Å². The molecule has 0 aliphatic rings. The number of carbonyl (C=O) groups is 1. The van der Waals surface area contributed by atoms with Gasteiger partial charge in [0.05, 0.1) is 12.6 Å². The van der Waals surface area contributed by atoms with E-state index in [-0.39, 0.29) is 30.8 Å². The van der Waals surface area contributed by atoms with Crippen molar-refractivity contribution in [2.24, 2.45) is 11.7 Å². The van der Waals surface area contributed by atoms with Crippen molar-refractivity contribution in [1.29, 1.82) is 0 Å². The highest BCUT2D eigenvalue weighted by Crippen LogP contribution is 2.24. The van der Waals surface area contributed by atoms with Crippen molar-refractivity contribution >= 4 is 18.3 Å². The number of carbonyl (C=O) groups excluding carboxylic acids is 1. The molecule has 3 atom stereocenters. The molecule has 2 aromatic rings. The Morgan fingerprint density at radius 2 is 1.96 bits per heavy atom. The maximum Gasteiger partial charge on any atom is 0.247 e. The molecule has 150 valence electrons. The smallest absolute Gasteiger partial charge is 0.247 e. The molecule has 0 aliphatic carbocycles. The number of nitrogens with two attached hydrogens (primary N) is 1. The molecule has 9 heteroatoms. The van der Waals surface area contributed by atoms with E-state index in [0.29, 0.717) is 12.3 Å². The first-order valence-electron chi connectivity index (χ1n) is 8.54. The number of aromatic nitrogens is 2. The normalized spacial score (nSPS) is 14.3. The molecule has 0 bridgehead atoms. The van der Waals surface area contributed by atoms with Gasteiger partial charge in [0.15, 0.2) is 6.10 Å². The number of methoxy groups -OCH3 is 1. The van der Waals surface area contributed by atoms with Crippen LogP contribution in [0.25, 0.3) is 11.5 Å². The van der Waals surface area contributed by atoms with Crippen LogP contribution in [0.1, 0.15) is 32.3 Å². The van der Waals surface area contributed by atoms with Gasteiger partial charge in [-0.3, -0.25) is 4.79 Å². The molecular formula is C18H27ClN4O4. The van der Waals surface area contributed by atoms with E-state index >= 15 is 0 Å². The lowest BCUT2D eigenvalue weighted by Crippen LogP contribution is -2.49. The Kier molecular flexibility index (Phi) is 9.37. The number of hydrogen-bond acceptors (Lipinski definition) is 7. The van der Waals surface area contributed by atoms with Gasteiger partial charge >= 0.3 is 0 Å². The quantitative estimate of drug-likeness (QED) is 0.587. The second-order valence-corrected chi connectivity index (χ2v) is 6.56. The summed E-state index contributed by atoms with van der Waals surface area (Å²) < 4.78 is 10.5. The summed E-state index contributed by atoms with van der Waals surface area (Å²) in [6, 6.07) is 7.84. The van der Waals surface area contributed by atoms with Gasteiger partial charge in [-0.2, -0.15) is 0 Å². The summed E-state index contributed by atoms with van der Waals surface area (Å²) in [6.45, 7) is 4.07. The zero-order valence-corrected chi connectivity index (χ0v) is 16.5. The predicted octanol–water partition coefficient (Wildman–Crippen LogP) is 1.70. The minimum atomic E-state index is -1.14. The minimum Gasteiger partial charge on any atom is -0.418 e. The predicted molar refractivity (Wildman–Crippen MR) is 103 cm³/mol. The minimum absolute atomic E-state index is 0. The summed E-state index contributed by atoms with van der Waals surface area (Å²) in [6.07, 6.45) is -0.614. The van der Waals surface area contributed by atoms with E-state index in [2.05, 4.69) is 15.5 Å². The summed E-state index contributed by atoms with van der Waals surface area (Å²) in [4.78, 5) is 12.2. The topological polar surface area (TPSA) is 124 Å². The summed E-state index contributed by atoms with van der Waals surface area (Å²) in [5.41, 5.74) is 6.51. The first kappa shape index (κ1) is 23.0. The van der Waals surface area contributed by atoms with Crippen molar-refractivity contribution in [3.63, 3.8) is 0 Å². The summed E-state index contributed by atoms with van der Waals surface area (Å²) in [7, 11) is 1.47. The Morgan fingerprint density at radius 1 is 1.30 bits per heavy atom. The molecule has 0 radical (unpaired) electrons. The number of ether oxygens (including phenoxy) is 1. The van der Waals surface area contributed by atoms with Crippen molar-refractivity contribution in [3.05, 3.63) is 36.2 Å². The van der Waals surface area contributed by atoms with Gasteiger partial charge < -0.3 is 25.3 Å². The van der Waals surface area contributed by atoms with Crippen LogP contribution >= 0.6 is 12.4 Å². The van der Waals surface area contributed by atoms with Gasteiger partial charge in [-0.15, -0.1) is 22.6 Å². The van der Waals surface area contributed by atoms with E-state index in [4.69, 9.17) is 14.9 Å². The van der Waals surface area contributed by atoms with Gasteiger partial charge in [0.2, 0.25) is 17.7 Å². The Hall–Kier alpha value is -2.00. The number of hydrogen-bond donors (Lipinski definition) is 3. The number of amides is 1. The number of rotatable bonds is 9. The molecule has 0 spiro atoms. The monoisotopic (exact) mass is 398 g/mol. The Bertz CT molecular complexity index is 696. The Labute approximate surface area is 164 Å². The Balaban J connectivity index is 0.00000364. The molecule has 0 saturated carbocycles. The highest BCUT2D eigenvalue weighted by Gasteiger charge is 2.29. The molecule has 4 N–H and O–H groups in total. The van der Waals surface area contributed by atoms with Crippen LogP contribution in [0.5, 0.6) is 0 Å². The molecule has 1 aromatic heterocycles. The number of benzene rings is 1. The summed E-state index contributed by atoms with van der Waals surface area (Å²) in [5, 5.41) is 21.3. The molecule has 1 amide bonds. The maximum atomic E-state index is 12.2. The highest BCUT2D eigenvalue weighted by atomic mass is 35.5. The molecule has 0 fully saturated rings. The standard InChI is InChI=1S/C18H26N4O4.ClH/c1-11(2)9-14(20-16(24)13(19)10-25-3)15(23)18-22-21-17(26-18)12-7-5-4-6-8-12;/h4-8,11,13-15,23H,9-10,19H2,1-3H3,(H,20,24);1H/t13-,14-,15?;/m0./s1. The van der Waals surface area contributed by atoms with Crippen LogP contribution in [0, 0.1) is 5.92 Å². The summed E-state index contributed by atoms with van der Waals surface area (Å²) in [5.74, 6) is 0.185. The molecule has 2 rings (SSSR count). The number of aliphatic hydroxyl groups is 1. The highest BCUT2D eigenvalue weighted by molar-refractivity contribution is 5.85. The fraction of sp³-hybridized carbons (Fsp3) is 0.500. The van der Waals surface area contributed by atoms with Crippen LogP contribution < -0.4 is 11.1 Å². The Morgan fingerprint density at radius 3 is 2.56 bits per heavy atom. The zero-order chi connectivity index (χ0) is 19.1. The average molecular weight is 399 g/mol. The molecule has 0 saturated heterocycles. The van der Waals surface area contributed by atoms with Crippen LogP contribution in [-0.2, 0) is 9.53 Å². The third kappa shape index (κ3) is 6.59. The van der Waals surface area contributed by atoms with Crippen LogP contribution in [0.3, 0.4) is 0 Å². The van der Waals surface area contributed by atoms with Crippen molar-refractivity contribution in [2.75, 3.05) is 13.7 Å². The van der Waals surface area contributed by atoms with E-state index < -0.39 is 24.1 Å². The van der Waals surface area contributed by atoms with E-state index in [0.717, 1.165) is 5.56 Å². The van der Waals surface area contributed by atoms with Crippen LogP contribution in [0.4, 0.5) is 0 Å². The number of halogens is 1. The number of nitrogens with one attached hydrogen (secondary N) is 1. The van der Waals surface area contributed by atoms with E-state index in [1.54, 1.807) is 0 Å². The first-order chi connectivity index (χ1) is 12.4. The lowest BCUT2D eigenvalue weighted by atomic mass is 9.98. The lowest BCUT2D eigenvalue weighted by Gasteiger charge is -2.25. The third-order valence-corrected chi connectivity index (χ3v) is 3.83. The van der Waals surface area contributed by atoms with Crippen molar-refractivity contribution in [1.82, 2.24) is 15.5 Å². The molecule has 8 nitrogen and oxygen atoms in total. The van der Waals surface area contributed by atoms with Crippen molar-refractivity contribution < 1.29 is 19.1 Å². The first-order valence-corrected chi connectivity index (χ1v) is 8.54. The average Bonchev–Trinajstić information content (AvgIpc) is 3.11. The SMILES string of the molecule is COC[C@H](N)C(=O)N[C@@H](CC(C)C)C(O)c1nnc(-c2ccccc2)o1.Cl. The molecular weight excluding hydrogens is 372 g/mol. The van der Waals surface area contributed by atoms with Crippen LogP contribution in [0.2, 0.25) is 0 Å². The molecule has 27 heavy (non-hydrogen) atoms. The second-order valence-electron chi connectivity index (χ2n) is 6.56. The lowest BCUT2D eigenvalue weighted by molar-refractivity contribution is -0.125. The van der Waals surface area contributed by atoms with Gasteiger partial charge in [-0.25, -0.2) is 0 Å². The molecule has 1 aromatic carbocycles. The molecule has 1 unspecified atom stereocenters. The number of aliphatic hydroxyl groups excluding tert-OH is 1. The number of nitrogens with zero attached hydrogens (tertiary/aromatic N) is 2. The van der Waals surface area contributed by atoms with Gasteiger partial charge in [-0.05, 0) is 24.5 Å². The molecule has 1 heterocycles. The molecule has 0 aliphatic heterocycles. The maximum absolute atomic E-state index is 12.2.